The van der Waals surface area contributed by atoms with Crippen LogP contribution in [0, 0.1) is 0 Å². The summed E-state index contributed by atoms with van der Waals surface area (Å²) in [5.41, 5.74) is -0.579. The first-order valence-electron chi connectivity index (χ1n) is 5.01. The highest BCUT2D eigenvalue weighted by molar-refractivity contribution is 9.10. The highest BCUT2D eigenvalue weighted by Gasteiger charge is 2.22. The molecule has 1 aromatic rings. The van der Waals surface area contributed by atoms with Gasteiger partial charge in [0.25, 0.3) is 0 Å². The van der Waals surface area contributed by atoms with E-state index in [9.17, 15) is 9.59 Å². The molecule has 17 heavy (non-hydrogen) atoms. The van der Waals surface area contributed by atoms with Gasteiger partial charge in [-0.05, 0) is 48.1 Å². The monoisotopic (exact) mass is 319 g/mol. The van der Waals surface area contributed by atoms with Gasteiger partial charge in [-0.1, -0.05) is 0 Å². The number of ether oxygens (including phenoxy) is 1. The average molecular weight is 320 g/mol. The fourth-order valence-corrected chi connectivity index (χ4v) is 2.75. The Kier molecular flexibility index (Phi) is 4.70. The number of nitrogens with one attached hydrogen (secondary N) is 1. The van der Waals surface area contributed by atoms with E-state index in [0.717, 1.165) is 9.35 Å². The van der Waals surface area contributed by atoms with Crippen LogP contribution >= 0.6 is 27.3 Å². The Hall–Kier alpha value is -0.880. The molecule has 0 spiro atoms. The Bertz CT molecular complexity index is 411. The van der Waals surface area contributed by atoms with E-state index in [2.05, 4.69) is 21.2 Å². The van der Waals surface area contributed by atoms with Gasteiger partial charge in [0.2, 0.25) is 0 Å². The van der Waals surface area contributed by atoms with Gasteiger partial charge in [-0.2, -0.15) is 0 Å². The van der Waals surface area contributed by atoms with E-state index >= 15 is 0 Å². The molecule has 1 N–H and O–H groups in total. The number of rotatable bonds is 3. The molecule has 1 amide bonds. The van der Waals surface area contributed by atoms with Gasteiger partial charge in [-0.3, -0.25) is 0 Å². The first-order valence-corrected chi connectivity index (χ1v) is 6.68. The van der Waals surface area contributed by atoms with Crippen LogP contribution in [-0.2, 0) is 9.53 Å². The molecule has 0 aliphatic rings. The number of hydrogen-bond donors (Lipinski definition) is 1. The van der Waals surface area contributed by atoms with Gasteiger partial charge in [0.1, 0.15) is 17.9 Å². The maximum atomic E-state index is 11.5. The summed E-state index contributed by atoms with van der Waals surface area (Å²) in [5.74, 6) is 0. The summed E-state index contributed by atoms with van der Waals surface area (Å²) in [5, 5.41) is 4.36. The number of aldehydes is 1. The zero-order chi connectivity index (χ0) is 13.1. The van der Waals surface area contributed by atoms with Crippen molar-refractivity contribution < 1.29 is 14.3 Å². The zero-order valence-electron chi connectivity index (χ0n) is 9.82. The van der Waals surface area contributed by atoms with Gasteiger partial charge in [-0.15, -0.1) is 11.3 Å². The molecule has 0 radical (unpaired) electrons. The maximum absolute atomic E-state index is 11.5. The average Bonchev–Trinajstić information content (AvgIpc) is 2.58. The van der Waals surface area contributed by atoms with E-state index in [1.54, 1.807) is 20.8 Å². The maximum Gasteiger partial charge on any atom is 0.408 e. The van der Waals surface area contributed by atoms with E-state index in [0.29, 0.717) is 6.29 Å². The van der Waals surface area contributed by atoms with Crippen LogP contribution in [0.15, 0.2) is 15.9 Å². The van der Waals surface area contributed by atoms with Crippen molar-refractivity contribution in [2.24, 2.45) is 0 Å². The SMILES string of the molecule is CC(C)(C)OC(=O)NC(C=O)c1sccc1Br. The molecule has 0 fully saturated rings. The van der Waals surface area contributed by atoms with Gasteiger partial charge in [-0.25, -0.2) is 4.79 Å². The van der Waals surface area contributed by atoms with Crippen LogP contribution in [0.3, 0.4) is 0 Å². The minimum atomic E-state index is -0.681. The molecular formula is C11H14BrNO3S. The molecule has 0 saturated carbocycles. The summed E-state index contributed by atoms with van der Waals surface area (Å²) in [4.78, 5) is 23.3. The van der Waals surface area contributed by atoms with Crippen molar-refractivity contribution >= 4 is 39.6 Å². The molecule has 0 bridgehead atoms. The molecule has 4 nitrogen and oxygen atoms in total. The third kappa shape index (κ3) is 4.47. The smallest absolute Gasteiger partial charge is 0.408 e. The fraction of sp³-hybridized carbons (Fsp3) is 0.455. The highest BCUT2D eigenvalue weighted by Crippen LogP contribution is 2.28. The van der Waals surface area contributed by atoms with Crippen LogP contribution in [0.2, 0.25) is 0 Å². The van der Waals surface area contributed by atoms with Crippen LogP contribution in [0.1, 0.15) is 31.7 Å². The molecule has 1 rings (SSSR count). The van der Waals surface area contributed by atoms with Crippen LogP contribution in [0.5, 0.6) is 0 Å². The number of amides is 1. The summed E-state index contributed by atoms with van der Waals surface area (Å²) in [7, 11) is 0. The summed E-state index contributed by atoms with van der Waals surface area (Å²) < 4.78 is 5.89. The summed E-state index contributed by atoms with van der Waals surface area (Å²) in [6.07, 6.45) is 0.0791. The molecule has 0 aromatic carbocycles. The van der Waals surface area contributed by atoms with Crippen molar-refractivity contribution in [1.82, 2.24) is 5.32 Å². The highest BCUT2D eigenvalue weighted by atomic mass is 79.9. The van der Waals surface area contributed by atoms with Crippen molar-refractivity contribution in [2.45, 2.75) is 32.4 Å². The molecule has 1 unspecified atom stereocenters. The van der Waals surface area contributed by atoms with Crippen molar-refractivity contribution in [3.8, 4) is 0 Å². The Labute approximate surface area is 112 Å². The van der Waals surface area contributed by atoms with E-state index in [-0.39, 0.29) is 0 Å². The second kappa shape index (κ2) is 5.64. The second-order valence-electron chi connectivity index (χ2n) is 4.39. The van der Waals surface area contributed by atoms with Crippen LogP contribution in [-0.4, -0.2) is 18.0 Å². The zero-order valence-corrected chi connectivity index (χ0v) is 12.2. The molecule has 1 aromatic heterocycles. The normalized spacial score (nSPS) is 12.9. The number of thiophene rings is 1. The number of alkyl carbamates (subject to hydrolysis) is 1. The lowest BCUT2D eigenvalue weighted by atomic mass is 10.2. The molecule has 1 atom stereocenters. The Morgan fingerprint density at radius 2 is 2.24 bits per heavy atom. The molecule has 0 aliphatic carbocycles. The van der Waals surface area contributed by atoms with E-state index in [1.165, 1.54) is 11.3 Å². The molecule has 0 saturated heterocycles. The number of carbonyl (C=O) groups excluding carboxylic acids is 2. The standard InChI is InChI=1S/C11H14BrNO3S/c1-11(2,3)16-10(15)13-8(6-14)9-7(12)4-5-17-9/h4-6,8H,1-3H3,(H,13,15). The van der Waals surface area contributed by atoms with E-state index < -0.39 is 17.7 Å². The summed E-state index contributed by atoms with van der Waals surface area (Å²) in [6.45, 7) is 5.30. The first-order chi connectivity index (χ1) is 7.83. The lowest BCUT2D eigenvalue weighted by Crippen LogP contribution is -2.35. The molecule has 0 aliphatic heterocycles. The minimum Gasteiger partial charge on any atom is -0.444 e. The van der Waals surface area contributed by atoms with Crippen molar-refractivity contribution in [2.75, 3.05) is 0 Å². The number of halogens is 1. The quantitative estimate of drug-likeness (QED) is 0.870. The van der Waals surface area contributed by atoms with Gasteiger partial charge >= 0.3 is 6.09 Å². The van der Waals surface area contributed by atoms with E-state index in [1.807, 2.05) is 11.4 Å². The lowest BCUT2D eigenvalue weighted by molar-refractivity contribution is -0.109. The van der Waals surface area contributed by atoms with Crippen LogP contribution in [0.4, 0.5) is 4.79 Å². The topological polar surface area (TPSA) is 55.4 Å². The predicted octanol–water partition coefficient (Wildman–Crippen LogP) is 3.28. The summed E-state index contributed by atoms with van der Waals surface area (Å²) >= 11 is 4.71. The van der Waals surface area contributed by atoms with E-state index in [4.69, 9.17) is 4.74 Å². The second-order valence-corrected chi connectivity index (χ2v) is 6.19. The van der Waals surface area contributed by atoms with Crippen LogP contribution < -0.4 is 5.32 Å². The minimum absolute atomic E-state index is 0.579. The Balaban J connectivity index is 2.69. The summed E-state index contributed by atoms with van der Waals surface area (Å²) in [6, 6.07) is 1.15. The lowest BCUT2D eigenvalue weighted by Gasteiger charge is -2.21. The Morgan fingerprint density at radius 3 is 2.65 bits per heavy atom. The molecule has 6 heteroatoms. The van der Waals surface area contributed by atoms with Gasteiger partial charge in [0, 0.05) is 9.35 Å². The molecule has 1 heterocycles. The van der Waals surface area contributed by atoms with Crippen molar-refractivity contribution in [3.05, 3.63) is 20.8 Å². The molecular weight excluding hydrogens is 306 g/mol. The predicted molar refractivity (Wildman–Crippen MR) is 70.2 cm³/mol. The molecule has 94 valence electrons. The van der Waals surface area contributed by atoms with Crippen LogP contribution in [0.25, 0.3) is 0 Å². The Morgan fingerprint density at radius 1 is 1.59 bits per heavy atom. The van der Waals surface area contributed by atoms with Gasteiger partial charge in [0.05, 0.1) is 0 Å². The largest absolute Gasteiger partial charge is 0.444 e. The van der Waals surface area contributed by atoms with Gasteiger partial charge in [0.15, 0.2) is 0 Å². The fourth-order valence-electron chi connectivity index (χ4n) is 1.12. The number of hydrogen-bond acceptors (Lipinski definition) is 4. The third-order valence-electron chi connectivity index (χ3n) is 1.74. The van der Waals surface area contributed by atoms with Crippen molar-refractivity contribution in [1.29, 1.82) is 0 Å². The van der Waals surface area contributed by atoms with Gasteiger partial charge < -0.3 is 14.8 Å². The number of carbonyl (C=O) groups is 2. The first kappa shape index (κ1) is 14.2. The van der Waals surface area contributed by atoms with Crippen molar-refractivity contribution in [3.63, 3.8) is 0 Å². The third-order valence-corrected chi connectivity index (χ3v) is 3.69.